The zero-order valence-corrected chi connectivity index (χ0v) is 13.5. The maximum absolute atomic E-state index is 5.76. The molecular weight excluding hydrogens is 314 g/mol. The summed E-state index contributed by atoms with van der Waals surface area (Å²) in [5, 5.41) is 3.46. The van der Waals surface area contributed by atoms with Gasteiger partial charge in [0.25, 0.3) is 0 Å². The van der Waals surface area contributed by atoms with E-state index in [4.69, 9.17) is 4.74 Å². The fraction of sp³-hybridized carbons (Fsp3) is 0.294. The standard InChI is InChI=1S/C17H20BrNO/c1-13-3-9-17(10-4-13)20-12-14(2)19-11-15-5-7-16(18)8-6-15/h3-10,14,19H,11-12H2,1-2H3. The Labute approximate surface area is 129 Å². The molecule has 2 nitrogen and oxygen atoms in total. The van der Waals surface area contributed by atoms with E-state index in [0.29, 0.717) is 12.6 Å². The van der Waals surface area contributed by atoms with Crippen molar-refractivity contribution in [2.45, 2.75) is 26.4 Å². The highest BCUT2D eigenvalue weighted by atomic mass is 79.9. The van der Waals surface area contributed by atoms with E-state index in [-0.39, 0.29) is 0 Å². The summed E-state index contributed by atoms with van der Waals surface area (Å²) in [5.74, 6) is 0.924. The molecule has 0 heterocycles. The van der Waals surface area contributed by atoms with E-state index in [9.17, 15) is 0 Å². The van der Waals surface area contributed by atoms with Crippen LogP contribution in [-0.2, 0) is 6.54 Å². The van der Waals surface area contributed by atoms with Crippen LogP contribution in [0.4, 0.5) is 0 Å². The van der Waals surface area contributed by atoms with Gasteiger partial charge in [-0.3, -0.25) is 0 Å². The van der Waals surface area contributed by atoms with E-state index < -0.39 is 0 Å². The molecule has 0 aliphatic rings. The van der Waals surface area contributed by atoms with Crippen molar-refractivity contribution in [3.8, 4) is 5.75 Å². The molecule has 0 aromatic heterocycles. The molecule has 1 atom stereocenters. The highest BCUT2D eigenvalue weighted by Gasteiger charge is 2.03. The predicted octanol–water partition coefficient (Wildman–Crippen LogP) is 4.31. The summed E-state index contributed by atoms with van der Waals surface area (Å²) >= 11 is 3.44. The van der Waals surface area contributed by atoms with E-state index in [1.807, 2.05) is 12.1 Å². The van der Waals surface area contributed by atoms with Crippen LogP contribution in [0.2, 0.25) is 0 Å². The first-order chi connectivity index (χ1) is 9.63. The molecule has 1 unspecified atom stereocenters. The molecule has 1 N–H and O–H groups in total. The van der Waals surface area contributed by atoms with Gasteiger partial charge in [-0.05, 0) is 43.7 Å². The van der Waals surface area contributed by atoms with Gasteiger partial charge in [-0.2, -0.15) is 0 Å². The zero-order chi connectivity index (χ0) is 14.4. The number of rotatable bonds is 6. The monoisotopic (exact) mass is 333 g/mol. The normalized spacial score (nSPS) is 12.2. The van der Waals surface area contributed by atoms with Crippen LogP contribution in [0.3, 0.4) is 0 Å². The molecule has 0 saturated carbocycles. The largest absolute Gasteiger partial charge is 0.492 e. The van der Waals surface area contributed by atoms with Crippen LogP contribution < -0.4 is 10.1 Å². The van der Waals surface area contributed by atoms with Crippen molar-refractivity contribution >= 4 is 15.9 Å². The lowest BCUT2D eigenvalue weighted by atomic mass is 10.2. The molecule has 2 rings (SSSR count). The van der Waals surface area contributed by atoms with Crippen molar-refractivity contribution in [2.75, 3.05) is 6.61 Å². The average Bonchev–Trinajstić information content (AvgIpc) is 2.46. The van der Waals surface area contributed by atoms with Gasteiger partial charge >= 0.3 is 0 Å². The summed E-state index contributed by atoms with van der Waals surface area (Å²) < 4.78 is 6.87. The molecule has 0 fully saturated rings. The van der Waals surface area contributed by atoms with E-state index in [1.54, 1.807) is 0 Å². The number of hydrogen-bond acceptors (Lipinski definition) is 2. The Morgan fingerprint density at radius 1 is 1.05 bits per heavy atom. The third kappa shape index (κ3) is 4.99. The molecule has 0 aliphatic carbocycles. The zero-order valence-electron chi connectivity index (χ0n) is 11.9. The summed E-state index contributed by atoms with van der Waals surface area (Å²) in [6.07, 6.45) is 0. The van der Waals surface area contributed by atoms with Gasteiger partial charge in [0.15, 0.2) is 0 Å². The molecule has 0 amide bonds. The summed E-state index contributed by atoms with van der Waals surface area (Å²) in [6, 6.07) is 16.8. The van der Waals surface area contributed by atoms with E-state index in [0.717, 1.165) is 16.8 Å². The van der Waals surface area contributed by atoms with Gasteiger partial charge in [-0.25, -0.2) is 0 Å². The van der Waals surface area contributed by atoms with E-state index in [2.05, 4.69) is 71.5 Å². The third-order valence-electron chi connectivity index (χ3n) is 3.09. The fourth-order valence-corrected chi connectivity index (χ4v) is 2.07. The van der Waals surface area contributed by atoms with Crippen LogP contribution in [0.5, 0.6) is 5.75 Å². The number of ether oxygens (including phenoxy) is 1. The molecule has 0 radical (unpaired) electrons. The number of nitrogens with one attached hydrogen (secondary N) is 1. The minimum Gasteiger partial charge on any atom is -0.492 e. The number of hydrogen-bond donors (Lipinski definition) is 1. The Hall–Kier alpha value is -1.32. The first-order valence-corrected chi connectivity index (χ1v) is 7.60. The summed E-state index contributed by atoms with van der Waals surface area (Å²) in [7, 11) is 0. The molecule has 106 valence electrons. The Morgan fingerprint density at radius 2 is 1.70 bits per heavy atom. The second-order valence-corrected chi connectivity index (χ2v) is 5.95. The van der Waals surface area contributed by atoms with Crippen LogP contribution in [0.1, 0.15) is 18.1 Å². The molecule has 0 spiro atoms. The molecule has 0 aliphatic heterocycles. The molecule has 0 bridgehead atoms. The maximum atomic E-state index is 5.76. The van der Waals surface area contributed by atoms with Gasteiger partial charge < -0.3 is 10.1 Å². The number of aryl methyl sites for hydroxylation is 1. The highest BCUT2D eigenvalue weighted by Crippen LogP contribution is 2.12. The maximum Gasteiger partial charge on any atom is 0.119 e. The lowest BCUT2D eigenvalue weighted by Crippen LogP contribution is -2.31. The lowest BCUT2D eigenvalue weighted by molar-refractivity contribution is 0.272. The summed E-state index contributed by atoms with van der Waals surface area (Å²) in [6.45, 7) is 5.73. The van der Waals surface area contributed by atoms with Crippen molar-refractivity contribution in [3.63, 3.8) is 0 Å². The molecule has 0 saturated heterocycles. The van der Waals surface area contributed by atoms with Gasteiger partial charge in [0.1, 0.15) is 12.4 Å². The van der Waals surface area contributed by atoms with Crippen LogP contribution >= 0.6 is 15.9 Å². The molecule has 3 heteroatoms. The van der Waals surface area contributed by atoms with Crippen LogP contribution in [0.25, 0.3) is 0 Å². The van der Waals surface area contributed by atoms with Crippen LogP contribution in [-0.4, -0.2) is 12.6 Å². The molecular formula is C17H20BrNO. The Bertz CT molecular complexity index is 472. The SMILES string of the molecule is Cc1ccc(OCC(C)NCc2ccc(Br)cc2)cc1. The number of halogens is 1. The van der Waals surface area contributed by atoms with E-state index in [1.165, 1.54) is 11.1 Å². The second-order valence-electron chi connectivity index (χ2n) is 5.03. The predicted molar refractivity (Wildman–Crippen MR) is 87.1 cm³/mol. The molecule has 2 aromatic carbocycles. The Morgan fingerprint density at radius 3 is 2.35 bits per heavy atom. The minimum absolute atomic E-state index is 0.306. The topological polar surface area (TPSA) is 21.3 Å². The molecule has 2 aromatic rings. The molecule has 20 heavy (non-hydrogen) atoms. The summed E-state index contributed by atoms with van der Waals surface area (Å²) in [5.41, 5.74) is 2.52. The van der Waals surface area contributed by atoms with Crippen molar-refractivity contribution in [1.29, 1.82) is 0 Å². The van der Waals surface area contributed by atoms with Gasteiger partial charge in [0.2, 0.25) is 0 Å². The van der Waals surface area contributed by atoms with Gasteiger partial charge in [-0.1, -0.05) is 45.8 Å². The van der Waals surface area contributed by atoms with Crippen molar-refractivity contribution in [3.05, 3.63) is 64.1 Å². The van der Waals surface area contributed by atoms with Crippen LogP contribution in [0.15, 0.2) is 53.0 Å². The lowest BCUT2D eigenvalue weighted by Gasteiger charge is -2.15. The summed E-state index contributed by atoms with van der Waals surface area (Å²) in [4.78, 5) is 0. The smallest absolute Gasteiger partial charge is 0.119 e. The van der Waals surface area contributed by atoms with Gasteiger partial charge in [-0.15, -0.1) is 0 Å². The fourth-order valence-electron chi connectivity index (χ4n) is 1.81. The van der Waals surface area contributed by atoms with Crippen molar-refractivity contribution in [1.82, 2.24) is 5.32 Å². The second kappa shape index (κ2) is 7.46. The van der Waals surface area contributed by atoms with Gasteiger partial charge in [0.05, 0.1) is 0 Å². The first-order valence-electron chi connectivity index (χ1n) is 6.81. The Kier molecular flexibility index (Phi) is 5.62. The van der Waals surface area contributed by atoms with Crippen molar-refractivity contribution < 1.29 is 4.74 Å². The minimum atomic E-state index is 0.306. The van der Waals surface area contributed by atoms with Crippen molar-refractivity contribution in [2.24, 2.45) is 0 Å². The van der Waals surface area contributed by atoms with E-state index >= 15 is 0 Å². The number of benzene rings is 2. The van der Waals surface area contributed by atoms with Gasteiger partial charge in [0, 0.05) is 17.1 Å². The Balaban J connectivity index is 1.73. The average molecular weight is 334 g/mol. The first kappa shape index (κ1) is 15.1. The third-order valence-corrected chi connectivity index (χ3v) is 3.62. The quantitative estimate of drug-likeness (QED) is 0.850. The van der Waals surface area contributed by atoms with Crippen LogP contribution in [0, 0.1) is 6.92 Å². The highest BCUT2D eigenvalue weighted by molar-refractivity contribution is 9.10.